The molecule has 1 aromatic rings. The molecule has 0 aromatic heterocycles. The third-order valence-electron chi connectivity index (χ3n) is 4.96. The molecule has 3 aliphatic carbocycles. The average molecular weight is 241 g/mol. The monoisotopic (exact) mass is 241 g/mol. The lowest BCUT2D eigenvalue weighted by atomic mass is 10.0. The molecule has 4 unspecified atom stereocenters. The van der Waals surface area contributed by atoms with Crippen LogP contribution >= 0.6 is 0 Å². The second kappa shape index (κ2) is 3.84. The number of fused-ring (bicyclic) bond motifs is 1. The minimum Gasteiger partial charge on any atom is -0.352 e. The number of rotatable bonds is 3. The first kappa shape index (κ1) is 10.6. The summed E-state index contributed by atoms with van der Waals surface area (Å²) in [6.45, 7) is 0. The van der Waals surface area contributed by atoms with Gasteiger partial charge in [0.15, 0.2) is 0 Å². The number of nitrogens with one attached hydrogen (secondary N) is 1. The molecule has 4 atom stereocenters. The Bertz CT molecular complexity index is 459. The van der Waals surface area contributed by atoms with E-state index in [2.05, 4.69) is 29.6 Å². The molecule has 0 aliphatic heterocycles. The van der Waals surface area contributed by atoms with E-state index in [4.69, 9.17) is 0 Å². The van der Waals surface area contributed by atoms with E-state index < -0.39 is 0 Å². The third kappa shape index (κ3) is 1.84. The van der Waals surface area contributed by atoms with Crippen molar-refractivity contribution in [2.75, 3.05) is 0 Å². The van der Waals surface area contributed by atoms with Gasteiger partial charge >= 0.3 is 0 Å². The average Bonchev–Trinajstić information content (AvgIpc) is 3.30. The Hall–Kier alpha value is -1.31. The highest BCUT2D eigenvalue weighted by atomic mass is 16.2. The Morgan fingerprint density at radius 3 is 2.44 bits per heavy atom. The van der Waals surface area contributed by atoms with Crippen molar-refractivity contribution in [3.63, 3.8) is 0 Å². The van der Waals surface area contributed by atoms with Crippen molar-refractivity contribution >= 4 is 5.91 Å². The topological polar surface area (TPSA) is 29.1 Å². The molecule has 0 spiro atoms. The summed E-state index contributed by atoms with van der Waals surface area (Å²) in [4.78, 5) is 12.1. The van der Waals surface area contributed by atoms with E-state index in [9.17, 15) is 4.79 Å². The summed E-state index contributed by atoms with van der Waals surface area (Å²) in [5, 5.41) is 3.25. The summed E-state index contributed by atoms with van der Waals surface area (Å²) >= 11 is 0. The summed E-state index contributed by atoms with van der Waals surface area (Å²) in [5.41, 5.74) is 1.37. The van der Waals surface area contributed by atoms with E-state index in [1.807, 2.05) is 6.07 Å². The molecule has 2 heteroatoms. The molecule has 0 bridgehead atoms. The van der Waals surface area contributed by atoms with Gasteiger partial charge in [-0.1, -0.05) is 30.3 Å². The summed E-state index contributed by atoms with van der Waals surface area (Å²) in [7, 11) is 0. The van der Waals surface area contributed by atoms with Gasteiger partial charge in [0.25, 0.3) is 0 Å². The van der Waals surface area contributed by atoms with Crippen molar-refractivity contribution in [2.45, 2.75) is 37.6 Å². The van der Waals surface area contributed by atoms with Crippen LogP contribution in [-0.2, 0) is 4.79 Å². The van der Waals surface area contributed by atoms with Gasteiger partial charge in [0.2, 0.25) is 5.91 Å². The minimum absolute atomic E-state index is 0.325. The quantitative estimate of drug-likeness (QED) is 0.866. The van der Waals surface area contributed by atoms with Crippen LogP contribution < -0.4 is 5.32 Å². The maximum Gasteiger partial charge on any atom is 0.223 e. The molecule has 2 nitrogen and oxygen atoms in total. The molecule has 3 saturated carbocycles. The third-order valence-corrected chi connectivity index (χ3v) is 4.96. The zero-order valence-electron chi connectivity index (χ0n) is 10.5. The molecular formula is C16H19NO. The van der Waals surface area contributed by atoms with Gasteiger partial charge in [-0.05, 0) is 43.1 Å². The SMILES string of the molecule is O=C(NC1CC1c1ccccc1)C1CC2CC2C1. The highest BCUT2D eigenvalue weighted by Gasteiger charge is 2.49. The fourth-order valence-corrected chi connectivity index (χ4v) is 3.65. The fourth-order valence-electron chi connectivity index (χ4n) is 3.65. The molecule has 1 N–H and O–H groups in total. The van der Waals surface area contributed by atoms with Crippen LogP contribution in [0.4, 0.5) is 0 Å². The lowest BCUT2D eigenvalue weighted by molar-refractivity contribution is -0.125. The van der Waals surface area contributed by atoms with Gasteiger partial charge in [0, 0.05) is 17.9 Å². The standard InChI is InChI=1S/C16H19NO/c18-16(13-7-11-6-12(11)8-13)17-15-9-14(15)10-4-2-1-3-5-10/h1-5,11-15H,6-9H2,(H,17,18). The van der Waals surface area contributed by atoms with Crippen molar-refractivity contribution in [1.29, 1.82) is 0 Å². The lowest BCUT2D eigenvalue weighted by Crippen LogP contribution is -2.32. The van der Waals surface area contributed by atoms with Crippen LogP contribution in [0.5, 0.6) is 0 Å². The van der Waals surface area contributed by atoms with Crippen LogP contribution in [0.2, 0.25) is 0 Å². The van der Waals surface area contributed by atoms with Crippen molar-refractivity contribution in [1.82, 2.24) is 5.32 Å². The number of carbonyl (C=O) groups excluding carboxylic acids is 1. The van der Waals surface area contributed by atoms with Crippen LogP contribution in [0.25, 0.3) is 0 Å². The highest BCUT2D eigenvalue weighted by molar-refractivity contribution is 5.80. The molecule has 0 heterocycles. The molecule has 4 rings (SSSR count). The second-order valence-electron chi connectivity index (χ2n) is 6.29. The number of benzene rings is 1. The Kier molecular flexibility index (Phi) is 2.26. The highest BCUT2D eigenvalue weighted by Crippen LogP contribution is 2.54. The van der Waals surface area contributed by atoms with E-state index in [0.717, 1.165) is 31.1 Å². The molecule has 3 aliphatic rings. The molecule has 1 amide bonds. The first-order valence-corrected chi connectivity index (χ1v) is 7.16. The molecule has 0 saturated heterocycles. The van der Waals surface area contributed by atoms with Crippen molar-refractivity contribution in [3.8, 4) is 0 Å². The predicted octanol–water partition coefficient (Wildman–Crippen LogP) is 2.70. The Morgan fingerprint density at radius 1 is 1.00 bits per heavy atom. The maximum absolute atomic E-state index is 12.1. The Labute approximate surface area is 108 Å². The molecular weight excluding hydrogens is 222 g/mol. The van der Waals surface area contributed by atoms with Gasteiger partial charge in [-0.2, -0.15) is 0 Å². The zero-order valence-corrected chi connectivity index (χ0v) is 10.5. The summed E-state index contributed by atoms with van der Waals surface area (Å²) in [6.07, 6.45) is 4.81. The normalized spacial score (nSPS) is 40.1. The van der Waals surface area contributed by atoms with E-state index in [0.29, 0.717) is 23.8 Å². The predicted molar refractivity (Wildman–Crippen MR) is 70.1 cm³/mol. The van der Waals surface area contributed by atoms with Gasteiger partial charge in [-0.3, -0.25) is 4.79 Å². The van der Waals surface area contributed by atoms with Gasteiger partial charge in [0.1, 0.15) is 0 Å². The smallest absolute Gasteiger partial charge is 0.223 e. The maximum atomic E-state index is 12.1. The molecule has 3 fully saturated rings. The van der Waals surface area contributed by atoms with E-state index >= 15 is 0 Å². The van der Waals surface area contributed by atoms with Gasteiger partial charge in [0.05, 0.1) is 0 Å². The fraction of sp³-hybridized carbons (Fsp3) is 0.562. The van der Waals surface area contributed by atoms with Gasteiger partial charge in [-0.15, -0.1) is 0 Å². The number of hydrogen-bond donors (Lipinski definition) is 1. The molecule has 94 valence electrons. The first-order valence-electron chi connectivity index (χ1n) is 7.16. The number of carbonyl (C=O) groups is 1. The van der Waals surface area contributed by atoms with Crippen LogP contribution in [0.3, 0.4) is 0 Å². The first-order chi connectivity index (χ1) is 8.81. The van der Waals surface area contributed by atoms with E-state index in [-0.39, 0.29) is 0 Å². The zero-order chi connectivity index (χ0) is 12.1. The van der Waals surface area contributed by atoms with Crippen LogP contribution in [0, 0.1) is 17.8 Å². The Morgan fingerprint density at radius 2 is 1.72 bits per heavy atom. The second-order valence-corrected chi connectivity index (χ2v) is 6.29. The molecule has 0 radical (unpaired) electrons. The van der Waals surface area contributed by atoms with E-state index in [1.165, 1.54) is 12.0 Å². The largest absolute Gasteiger partial charge is 0.352 e. The lowest BCUT2D eigenvalue weighted by Gasteiger charge is -2.12. The van der Waals surface area contributed by atoms with Gasteiger partial charge < -0.3 is 5.32 Å². The van der Waals surface area contributed by atoms with Crippen molar-refractivity contribution < 1.29 is 4.79 Å². The van der Waals surface area contributed by atoms with Crippen molar-refractivity contribution in [2.24, 2.45) is 17.8 Å². The summed E-state index contributed by atoms with van der Waals surface area (Å²) in [6, 6.07) is 10.9. The molecule has 1 aromatic carbocycles. The van der Waals surface area contributed by atoms with Crippen molar-refractivity contribution in [3.05, 3.63) is 35.9 Å². The van der Waals surface area contributed by atoms with Crippen LogP contribution in [0.15, 0.2) is 30.3 Å². The summed E-state index contributed by atoms with van der Waals surface area (Å²) < 4.78 is 0. The minimum atomic E-state index is 0.325. The van der Waals surface area contributed by atoms with Gasteiger partial charge in [-0.25, -0.2) is 0 Å². The number of hydrogen-bond acceptors (Lipinski definition) is 1. The van der Waals surface area contributed by atoms with Crippen LogP contribution in [-0.4, -0.2) is 11.9 Å². The molecule has 18 heavy (non-hydrogen) atoms. The Balaban J connectivity index is 1.33. The summed E-state index contributed by atoms with van der Waals surface area (Å²) in [5.74, 6) is 3.00. The van der Waals surface area contributed by atoms with E-state index in [1.54, 1.807) is 0 Å². The van der Waals surface area contributed by atoms with Crippen LogP contribution in [0.1, 0.15) is 37.2 Å². The number of amides is 1.